The summed E-state index contributed by atoms with van der Waals surface area (Å²) in [5.41, 5.74) is 2.30. The van der Waals surface area contributed by atoms with Crippen LogP contribution < -0.4 is 15.8 Å². The van der Waals surface area contributed by atoms with Crippen molar-refractivity contribution in [1.82, 2.24) is 15.5 Å². The van der Waals surface area contributed by atoms with Gasteiger partial charge < -0.3 is 10.6 Å². The molecular weight excluding hydrogens is 398 g/mol. The van der Waals surface area contributed by atoms with Crippen molar-refractivity contribution < 1.29 is 8.42 Å². The molecule has 1 unspecified atom stereocenters. The smallest absolute Gasteiger partial charge is 0.238 e. The first-order valence-corrected chi connectivity index (χ1v) is 11.8. The third kappa shape index (κ3) is 7.12. The predicted molar refractivity (Wildman–Crippen MR) is 123 cm³/mol. The van der Waals surface area contributed by atoms with Gasteiger partial charge in [-0.15, -0.1) is 0 Å². The van der Waals surface area contributed by atoms with Gasteiger partial charge in [-0.25, -0.2) is 13.6 Å². The summed E-state index contributed by atoms with van der Waals surface area (Å²) in [7, 11) is -1.90. The maximum absolute atomic E-state index is 11.3. The third-order valence-electron chi connectivity index (χ3n) is 5.08. The van der Waals surface area contributed by atoms with Gasteiger partial charge in [0.15, 0.2) is 5.96 Å². The van der Waals surface area contributed by atoms with Crippen LogP contribution in [0, 0.1) is 0 Å². The maximum atomic E-state index is 11.3. The highest BCUT2D eigenvalue weighted by Crippen LogP contribution is 2.19. The number of aliphatic imine (C=N–C) groups is 1. The van der Waals surface area contributed by atoms with Crippen molar-refractivity contribution in [3.63, 3.8) is 0 Å². The fraction of sp³-hybridized carbons (Fsp3) is 0.409. The Bertz CT molecular complexity index is 895. The van der Waals surface area contributed by atoms with Crippen molar-refractivity contribution in [2.24, 2.45) is 10.1 Å². The molecule has 2 aromatic rings. The molecule has 0 saturated heterocycles. The molecule has 0 aromatic heterocycles. The van der Waals surface area contributed by atoms with E-state index in [-0.39, 0.29) is 10.9 Å². The van der Waals surface area contributed by atoms with E-state index in [1.54, 1.807) is 19.2 Å². The van der Waals surface area contributed by atoms with E-state index < -0.39 is 10.0 Å². The molecule has 0 spiro atoms. The van der Waals surface area contributed by atoms with E-state index in [0.29, 0.717) is 6.54 Å². The number of nitrogens with two attached hydrogens (primary N) is 1. The average molecular weight is 432 g/mol. The van der Waals surface area contributed by atoms with Gasteiger partial charge in [0.2, 0.25) is 10.0 Å². The molecule has 8 heteroatoms. The van der Waals surface area contributed by atoms with E-state index in [1.807, 2.05) is 6.07 Å². The second-order valence-corrected chi connectivity index (χ2v) is 8.53. The maximum Gasteiger partial charge on any atom is 0.238 e. The van der Waals surface area contributed by atoms with Crippen molar-refractivity contribution in [3.8, 4) is 0 Å². The molecule has 0 aliphatic rings. The average Bonchev–Trinajstić information content (AvgIpc) is 2.75. The van der Waals surface area contributed by atoms with Crippen molar-refractivity contribution >= 4 is 16.0 Å². The third-order valence-corrected chi connectivity index (χ3v) is 6.01. The molecule has 30 heavy (non-hydrogen) atoms. The predicted octanol–water partition coefficient (Wildman–Crippen LogP) is 2.12. The largest absolute Gasteiger partial charge is 0.356 e. The van der Waals surface area contributed by atoms with Crippen LogP contribution in [-0.4, -0.2) is 52.5 Å². The van der Waals surface area contributed by atoms with Crippen LogP contribution in [0.15, 0.2) is 64.5 Å². The first-order chi connectivity index (χ1) is 14.4. The van der Waals surface area contributed by atoms with E-state index in [1.165, 1.54) is 17.7 Å². The van der Waals surface area contributed by atoms with Crippen LogP contribution in [0.1, 0.15) is 31.0 Å². The van der Waals surface area contributed by atoms with Gasteiger partial charge in [0.05, 0.1) is 10.9 Å². The van der Waals surface area contributed by atoms with Crippen molar-refractivity contribution in [2.45, 2.75) is 31.2 Å². The molecule has 7 nitrogen and oxygen atoms in total. The van der Waals surface area contributed by atoms with Gasteiger partial charge >= 0.3 is 0 Å². The summed E-state index contributed by atoms with van der Waals surface area (Å²) >= 11 is 0. The van der Waals surface area contributed by atoms with Gasteiger partial charge in [-0.2, -0.15) is 0 Å². The highest BCUT2D eigenvalue weighted by Gasteiger charge is 2.18. The van der Waals surface area contributed by atoms with Gasteiger partial charge in [0.25, 0.3) is 0 Å². The summed E-state index contributed by atoms with van der Waals surface area (Å²) in [5, 5.41) is 11.9. The first-order valence-electron chi connectivity index (χ1n) is 10.2. The van der Waals surface area contributed by atoms with Crippen LogP contribution in [0.5, 0.6) is 0 Å². The Morgan fingerprint density at radius 2 is 1.67 bits per heavy atom. The Morgan fingerprint density at radius 3 is 2.20 bits per heavy atom. The summed E-state index contributed by atoms with van der Waals surface area (Å²) in [6.45, 7) is 7.71. The number of hydrogen-bond donors (Lipinski definition) is 3. The highest BCUT2D eigenvalue weighted by atomic mass is 32.2. The minimum atomic E-state index is -3.66. The summed E-state index contributed by atoms with van der Waals surface area (Å²) < 4.78 is 22.7. The Kier molecular flexibility index (Phi) is 9.29. The van der Waals surface area contributed by atoms with E-state index in [0.717, 1.165) is 37.6 Å². The Balaban J connectivity index is 1.91. The fourth-order valence-corrected chi connectivity index (χ4v) is 3.90. The summed E-state index contributed by atoms with van der Waals surface area (Å²) in [5.74, 6) is 0.740. The van der Waals surface area contributed by atoms with E-state index in [2.05, 4.69) is 58.6 Å². The molecule has 164 valence electrons. The first kappa shape index (κ1) is 23.9. The van der Waals surface area contributed by atoms with Crippen LogP contribution in [0.4, 0.5) is 0 Å². The topological polar surface area (TPSA) is 99.8 Å². The lowest BCUT2D eigenvalue weighted by Gasteiger charge is -2.30. The molecule has 0 radical (unpaired) electrons. The van der Waals surface area contributed by atoms with E-state index in [4.69, 9.17) is 5.14 Å². The van der Waals surface area contributed by atoms with Crippen molar-refractivity contribution in [1.29, 1.82) is 0 Å². The molecule has 0 fully saturated rings. The zero-order valence-electron chi connectivity index (χ0n) is 18.0. The lowest BCUT2D eigenvalue weighted by atomic mass is 10.1. The SMILES string of the molecule is CCN(CC)C(CNC(=NC)NCCc1ccc(S(N)(=O)=O)cc1)c1ccccc1. The number of rotatable bonds is 10. The second-order valence-electron chi connectivity index (χ2n) is 6.97. The van der Waals surface area contributed by atoms with Crippen molar-refractivity contribution in [3.05, 3.63) is 65.7 Å². The Hall–Kier alpha value is -2.42. The second kappa shape index (κ2) is 11.7. The van der Waals surface area contributed by atoms with Crippen LogP contribution in [0.2, 0.25) is 0 Å². The highest BCUT2D eigenvalue weighted by molar-refractivity contribution is 7.89. The number of guanidine groups is 1. The number of likely N-dealkylation sites (N-methyl/N-ethyl adjacent to an activating group) is 1. The van der Waals surface area contributed by atoms with Gasteiger partial charge in [-0.3, -0.25) is 9.89 Å². The van der Waals surface area contributed by atoms with Gasteiger partial charge in [-0.1, -0.05) is 56.3 Å². The lowest BCUT2D eigenvalue weighted by molar-refractivity contribution is 0.219. The quantitative estimate of drug-likeness (QED) is 0.395. The summed E-state index contributed by atoms with van der Waals surface area (Å²) in [6.07, 6.45) is 0.740. The number of hydrogen-bond acceptors (Lipinski definition) is 4. The Morgan fingerprint density at radius 1 is 1.03 bits per heavy atom. The molecule has 0 amide bonds. The van der Waals surface area contributed by atoms with Gasteiger partial charge in [-0.05, 0) is 42.8 Å². The molecule has 2 rings (SSSR count). The van der Waals surface area contributed by atoms with Crippen LogP contribution in [0.3, 0.4) is 0 Å². The number of benzene rings is 2. The molecule has 2 aromatic carbocycles. The fourth-order valence-electron chi connectivity index (χ4n) is 3.38. The van der Waals surface area contributed by atoms with Crippen molar-refractivity contribution in [2.75, 3.05) is 33.2 Å². The zero-order chi connectivity index (χ0) is 22.0. The molecular formula is C22H33N5O2S. The van der Waals surface area contributed by atoms with Crippen LogP contribution in [-0.2, 0) is 16.4 Å². The number of nitrogens with zero attached hydrogens (tertiary/aromatic N) is 2. The molecule has 1 atom stereocenters. The van der Waals surface area contributed by atoms with Crippen LogP contribution in [0.25, 0.3) is 0 Å². The molecule has 4 N–H and O–H groups in total. The Labute approximate surface area is 180 Å². The van der Waals surface area contributed by atoms with Crippen LogP contribution >= 0.6 is 0 Å². The van der Waals surface area contributed by atoms with E-state index in [9.17, 15) is 8.42 Å². The minimum absolute atomic E-state index is 0.125. The minimum Gasteiger partial charge on any atom is -0.356 e. The molecule has 0 aliphatic carbocycles. The summed E-state index contributed by atoms with van der Waals surface area (Å²) in [6, 6.07) is 17.4. The standard InChI is InChI=1S/C22H33N5O2S/c1-4-27(5-2)21(19-9-7-6-8-10-19)17-26-22(24-3)25-16-15-18-11-13-20(14-12-18)30(23,28)29/h6-14,21H,4-5,15-17H2,1-3H3,(H2,23,28,29)(H2,24,25,26). The van der Waals surface area contributed by atoms with Gasteiger partial charge in [0.1, 0.15) is 0 Å². The normalized spacial score (nSPS) is 13.3. The number of sulfonamides is 1. The molecule has 0 aliphatic heterocycles. The van der Waals surface area contributed by atoms with E-state index >= 15 is 0 Å². The summed E-state index contributed by atoms with van der Waals surface area (Å²) in [4.78, 5) is 6.87. The lowest BCUT2D eigenvalue weighted by Crippen LogP contribution is -2.43. The number of nitrogens with one attached hydrogen (secondary N) is 2. The molecule has 0 heterocycles. The molecule has 0 saturated carbocycles. The monoisotopic (exact) mass is 431 g/mol. The van der Waals surface area contributed by atoms with Gasteiger partial charge in [0, 0.05) is 20.1 Å². The zero-order valence-corrected chi connectivity index (χ0v) is 18.8. The molecule has 0 bridgehead atoms. The number of primary sulfonamides is 1.